The monoisotopic (exact) mass is 631 g/mol. The minimum atomic E-state index is -0.408. The zero-order valence-corrected chi connectivity index (χ0v) is 23.5. The first-order chi connectivity index (χ1) is 16.1. The van der Waals surface area contributed by atoms with Crippen molar-refractivity contribution in [3.63, 3.8) is 0 Å². The molecule has 34 heavy (non-hydrogen) atoms. The average molecular weight is 632 g/mol. The van der Waals surface area contributed by atoms with Crippen LogP contribution in [0.25, 0.3) is 0 Å². The summed E-state index contributed by atoms with van der Waals surface area (Å²) in [6.07, 6.45) is 0. The third-order valence-corrected chi connectivity index (χ3v) is 7.31. The van der Waals surface area contributed by atoms with Gasteiger partial charge in [-0.1, -0.05) is 48.8 Å². The topological polar surface area (TPSA) is 88.9 Å². The Kier molecular flexibility index (Phi) is 9.25. The van der Waals surface area contributed by atoms with E-state index in [1.165, 1.54) is 17.8 Å². The van der Waals surface area contributed by atoms with E-state index in [0.29, 0.717) is 21.6 Å². The molecule has 2 N–H and O–H groups in total. The van der Waals surface area contributed by atoms with Crippen LogP contribution in [0.5, 0.6) is 0 Å². The van der Waals surface area contributed by atoms with Crippen molar-refractivity contribution in [2.24, 2.45) is 13.0 Å². The largest absolute Gasteiger partial charge is 0.342 e. The van der Waals surface area contributed by atoms with E-state index in [-0.39, 0.29) is 28.5 Å². The van der Waals surface area contributed by atoms with Gasteiger partial charge in [0.2, 0.25) is 5.91 Å². The summed E-state index contributed by atoms with van der Waals surface area (Å²) in [7, 11) is 1.82. The second-order valence-corrected chi connectivity index (χ2v) is 11.0. The number of nitrogens with zero attached hydrogens (tertiary/aromatic N) is 3. The van der Waals surface area contributed by atoms with Crippen molar-refractivity contribution in [1.29, 1.82) is 0 Å². The van der Waals surface area contributed by atoms with Crippen molar-refractivity contribution in [3.8, 4) is 0 Å². The summed E-state index contributed by atoms with van der Waals surface area (Å²) in [5.41, 5.74) is 2.12. The molecular formula is C23H24Cl2IN5O2S. The summed E-state index contributed by atoms with van der Waals surface area (Å²) < 4.78 is 2.90. The van der Waals surface area contributed by atoms with Crippen LogP contribution in [0.3, 0.4) is 0 Å². The van der Waals surface area contributed by atoms with Gasteiger partial charge in [-0.05, 0) is 77.4 Å². The Balaban J connectivity index is 1.69. The molecule has 11 heteroatoms. The summed E-state index contributed by atoms with van der Waals surface area (Å²) in [4.78, 5) is 25.3. The first kappa shape index (κ1) is 26.8. The number of carbonyl (C=O) groups excluding carboxylic acids is 2. The van der Waals surface area contributed by atoms with E-state index < -0.39 is 6.04 Å². The normalized spacial score (nSPS) is 12.0. The number of halogens is 3. The predicted octanol–water partition coefficient (Wildman–Crippen LogP) is 5.89. The molecule has 2 amide bonds. The number of nitrogens with one attached hydrogen (secondary N) is 2. The van der Waals surface area contributed by atoms with E-state index in [1.54, 1.807) is 16.7 Å². The van der Waals surface area contributed by atoms with Gasteiger partial charge < -0.3 is 15.2 Å². The minimum absolute atomic E-state index is 0.0305. The Morgan fingerprint density at radius 3 is 2.53 bits per heavy atom. The maximum absolute atomic E-state index is 12.9. The van der Waals surface area contributed by atoms with Crippen LogP contribution in [0.1, 0.15) is 41.6 Å². The molecule has 1 heterocycles. The van der Waals surface area contributed by atoms with Gasteiger partial charge in [0.1, 0.15) is 0 Å². The quantitative estimate of drug-likeness (QED) is 0.239. The van der Waals surface area contributed by atoms with Gasteiger partial charge in [0.15, 0.2) is 11.0 Å². The lowest BCUT2D eigenvalue weighted by Gasteiger charge is -2.22. The first-order valence-corrected chi connectivity index (χ1v) is 13.2. The van der Waals surface area contributed by atoms with Crippen LogP contribution in [0.4, 0.5) is 5.69 Å². The zero-order valence-electron chi connectivity index (χ0n) is 19.0. The minimum Gasteiger partial charge on any atom is -0.342 e. The molecule has 0 aliphatic carbocycles. The van der Waals surface area contributed by atoms with E-state index in [4.69, 9.17) is 23.2 Å². The maximum Gasteiger partial charge on any atom is 0.253 e. The van der Waals surface area contributed by atoms with Crippen LogP contribution in [0, 0.1) is 16.4 Å². The van der Waals surface area contributed by atoms with Crippen molar-refractivity contribution < 1.29 is 9.59 Å². The van der Waals surface area contributed by atoms with Crippen molar-refractivity contribution in [1.82, 2.24) is 20.1 Å². The molecule has 0 aliphatic rings. The summed E-state index contributed by atoms with van der Waals surface area (Å²) in [6, 6.07) is 10.2. The second kappa shape index (κ2) is 11.7. The predicted molar refractivity (Wildman–Crippen MR) is 146 cm³/mol. The number of hydrogen-bond donors (Lipinski definition) is 2. The molecule has 0 bridgehead atoms. The third-order valence-electron chi connectivity index (χ3n) is 5.07. The number of aromatic nitrogens is 3. The number of carbonyl (C=O) groups is 2. The Hall–Kier alpha value is -1.82. The fourth-order valence-electron chi connectivity index (χ4n) is 3.23. The molecule has 0 aliphatic heterocycles. The molecule has 0 unspecified atom stereocenters. The van der Waals surface area contributed by atoms with E-state index in [2.05, 4.69) is 43.4 Å². The van der Waals surface area contributed by atoms with Gasteiger partial charge in [0.25, 0.3) is 5.91 Å². The molecule has 180 valence electrons. The molecule has 3 aromatic rings. The van der Waals surface area contributed by atoms with Crippen LogP contribution in [-0.4, -0.2) is 32.3 Å². The second-order valence-electron chi connectivity index (χ2n) is 8.02. The molecule has 0 fully saturated rings. The first-order valence-electron chi connectivity index (χ1n) is 10.4. The lowest BCUT2D eigenvalue weighted by molar-refractivity contribution is -0.113. The van der Waals surface area contributed by atoms with Gasteiger partial charge in [0, 0.05) is 21.3 Å². The molecule has 0 saturated heterocycles. The Bertz CT molecular complexity index is 1220. The van der Waals surface area contributed by atoms with Gasteiger partial charge in [0.05, 0.1) is 22.4 Å². The Morgan fingerprint density at radius 2 is 1.88 bits per heavy atom. The van der Waals surface area contributed by atoms with Gasteiger partial charge >= 0.3 is 0 Å². The molecule has 0 radical (unpaired) electrons. The number of amides is 2. The van der Waals surface area contributed by atoms with Crippen molar-refractivity contribution in [2.75, 3.05) is 11.1 Å². The van der Waals surface area contributed by atoms with Crippen LogP contribution in [0.2, 0.25) is 10.0 Å². The smallest absolute Gasteiger partial charge is 0.253 e. The van der Waals surface area contributed by atoms with Crippen molar-refractivity contribution in [3.05, 3.63) is 67.0 Å². The van der Waals surface area contributed by atoms with Crippen LogP contribution in [-0.2, 0) is 11.8 Å². The van der Waals surface area contributed by atoms with E-state index in [0.717, 1.165) is 14.8 Å². The molecule has 1 aromatic heterocycles. The molecule has 1 atom stereocenters. The summed E-state index contributed by atoms with van der Waals surface area (Å²) in [5, 5.41) is 15.8. The number of thioether (sulfide) groups is 1. The summed E-state index contributed by atoms with van der Waals surface area (Å²) >= 11 is 15.7. The summed E-state index contributed by atoms with van der Waals surface area (Å²) in [6.45, 7) is 5.91. The van der Waals surface area contributed by atoms with Crippen molar-refractivity contribution in [2.45, 2.75) is 32.0 Å². The Labute approximate surface area is 226 Å². The van der Waals surface area contributed by atoms with Gasteiger partial charge in [-0.25, -0.2) is 0 Å². The van der Waals surface area contributed by atoms with Gasteiger partial charge in [-0.15, -0.1) is 10.2 Å². The number of hydrogen-bond acceptors (Lipinski definition) is 5. The molecule has 0 saturated carbocycles. The number of aryl methyl sites for hydroxylation is 1. The van der Waals surface area contributed by atoms with Gasteiger partial charge in [-0.3, -0.25) is 9.59 Å². The molecule has 7 nitrogen and oxygen atoms in total. The van der Waals surface area contributed by atoms with Gasteiger partial charge in [-0.2, -0.15) is 0 Å². The van der Waals surface area contributed by atoms with E-state index in [9.17, 15) is 9.59 Å². The van der Waals surface area contributed by atoms with Crippen LogP contribution >= 0.6 is 57.6 Å². The number of rotatable bonds is 8. The Morgan fingerprint density at radius 1 is 1.15 bits per heavy atom. The number of anilines is 1. The molecule has 0 spiro atoms. The van der Waals surface area contributed by atoms with Crippen LogP contribution in [0.15, 0.2) is 41.6 Å². The van der Waals surface area contributed by atoms with E-state index in [1.807, 2.05) is 46.0 Å². The SMILES string of the molecule is Cc1cc(I)ccc1NC(=O)CSc1nnc([C@H](NC(=O)c2ccc(Cl)cc2Cl)C(C)C)n1C. The van der Waals surface area contributed by atoms with E-state index >= 15 is 0 Å². The van der Waals surface area contributed by atoms with Crippen molar-refractivity contribution >= 4 is 75.1 Å². The molecular weight excluding hydrogens is 608 g/mol. The molecule has 2 aromatic carbocycles. The zero-order chi connectivity index (χ0) is 25.0. The lowest BCUT2D eigenvalue weighted by atomic mass is 10.0. The summed E-state index contributed by atoms with van der Waals surface area (Å²) in [5.74, 6) is 0.332. The fraction of sp³-hybridized carbons (Fsp3) is 0.304. The highest BCUT2D eigenvalue weighted by Crippen LogP contribution is 2.27. The number of benzene rings is 2. The van der Waals surface area contributed by atoms with Crippen LogP contribution < -0.4 is 10.6 Å². The maximum atomic E-state index is 12.9. The fourth-order valence-corrected chi connectivity index (χ4v) is 5.09. The standard InChI is InChI=1S/C23H24Cl2IN5O2S/c1-12(2)20(28-22(33)16-7-5-14(24)10-17(16)25)21-29-30-23(31(21)4)34-11-19(32)27-18-8-6-15(26)9-13(18)3/h5-10,12,20H,11H2,1-4H3,(H,27,32)(H,28,33)/t20-/m1/s1. The highest BCUT2D eigenvalue weighted by atomic mass is 127. The lowest BCUT2D eigenvalue weighted by Crippen LogP contribution is -2.33. The highest BCUT2D eigenvalue weighted by molar-refractivity contribution is 14.1. The highest BCUT2D eigenvalue weighted by Gasteiger charge is 2.26. The third kappa shape index (κ3) is 6.65. The molecule has 3 rings (SSSR count). The average Bonchev–Trinajstić information content (AvgIpc) is 3.12.